The van der Waals surface area contributed by atoms with Crippen molar-refractivity contribution < 1.29 is 0 Å². The number of thioether (sulfide) groups is 2. The number of fused-ring (bicyclic) bond motifs is 4. The molecule has 3 heteroatoms. The molecule has 118 valence electrons. The third kappa shape index (κ3) is 2.04. The van der Waals surface area contributed by atoms with Crippen LogP contribution in [0.15, 0.2) is 76.5 Å². The van der Waals surface area contributed by atoms with Gasteiger partial charge in [-0.15, -0.1) is 23.5 Å². The molecular weight excluding hydrogens is 330 g/mol. The Labute approximate surface area is 150 Å². The molecule has 3 aromatic carbocycles. The molecule has 1 aromatic heterocycles. The lowest BCUT2D eigenvalue weighted by Gasteiger charge is -2.14. The minimum absolute atomic E-state index is 0.192. The van der Waals surface area contributed by atoms with Gasteiger partial charge in [0.05, 0.1) is 20.8 Å². The zero-order chi connectivity index (χ0) is 16.3. The molecule has 1 aliphatic rings. The fraction of sp³-hybridized carbons (Fsp3) is 0.143. The molecule has 0 N–H and O–H groups in total. The molecule has 4 aromatic rings. The second kappa shape index (κ2) is 5.08. The molecular formula is C21H17NS2. The van der Waals surface area contributed by atoms with Crippen LogP contribution in [-0.2, 0) is 0 Å². The van der Waals surface area contributed by atoms with Gasteiger partial charge in [-0.2, -0.15) is 0 Å². The standard InChI is InChI=1S/C21H17NS2/c1-21(2)23-19-13-7-12-18(20(19)24-21)22-16-10-5-3-8-14(16)15-9-4-6-11-17(15)22/h3-13H,1-2H3. The van der Waals surface area contributed by atoms with Gasteiger partial charge in [-0.3, -0.25) is 0 Å². The van der Waals surface area contributed by atoms with Gasteiger partial charge in [-0.25, -0.2) is 0 Å². The second-order valence-corrected chi connectivity index (χ2v) is 10.1. The average molecular weight is 348 g/mol. The Morgan fingerprint density at radius 3 is 2.00 bits per heavy atom. The van der Waals surface area contributed by atoms with E-state index in [2.05, 4.69) is 85.1 Å². The maximum Gasteiger partial charge on any atom is 0.0650 e. The summed E-state index contributed by atoms with van der Waals surface area (Å²) in [4.78, 5) is 2.79. The summed E-state index contributed by atoms with van der Waals surface area (Å²) < 4.78 is 2.62. The Hall–Kier alpha value is -1.84. The van der Waals surface area contributed by atoms with Crippen molar-refractivity contribution in [2.24, 2.45) is 0 Å². The molecule has 0 unspecified atom stereocenters. The van der Waals surface area contributed by atoms with Crippen LogP contribution in [-0.4, -0.2) is 8.65 Å². The Morgan fingerprint density at radius 1 is 0.708 bits per heavy atom. The van der Waals surface area contributed by atoms with E-state index in [0.29, 0.717) is 0 Å². The molecule has 0 saturated carbocycles. The van der Waals surface area contributed by atoms with E-state index >= 15 is 0 Å². The predicted molar refractivity (Wildman–Crippen MR) is 107 cm³/mol. The molecule has 1 nitrogen and oxygen atoms in total. The SMILES string of the molecule is CC1(C)Sc2cccc(-n3c4ccccc4c4ccccc43)c2S1. The maximum absolute atomic E-state index is 2.43. The normalized spacial score (nSPS) is 15.9. The van der Waals surface area contributed by atoms with Crippen LogP contribution < -0.4 is 0 Å². The Morgan fingerprint density at radius 2 is 1.33 bits per heavy atom. The summed E-state index contributed by atoms with van der Waals surface area (Å²) in [6.45, 7) is 4.61. The molecule has 0 bridgehead atoms. The molecule has 24 heavy (non-hydrogen) atoms. The van der Waals surface area contributed by atoms with Gasteiger partial charge in [0.2, 0.25) is 0 Å². The lowest BCUT2D eigenvalue weighted by atomic mass is 10.2. The van der Waals surface area contributed by atoms with Gasteiger partial charge in [-0.05, 0) is 38.1 Å². The Bertz CT molecular complexity index is 1040. The Balaban J connectivity index is 1.90. The van der Waals surface area contributed by atoms with E-state index in [4.69, 9.17) is 0 Å². The van der Waals surface area contributed by atoms with E-state index in [1.165, 1.54) is 37.3 Å². The second-order valence-electron chi connectivity index (χ2n) is 6.58. The number of para-hydroxylation sites is 2. The fourth-order valence-electron chi connectivity index (χ4n) is 3.58. The van der Waals surface area contributed by atoms with Gasteiger partial charge in [0, 0.05) is 20.6 Å². The molecule has 0 fully saturated rings. The zero-order valence-corrected chi connectivity index (χ0v) is 15.2. The van der Waals surface area contributed by atoms with Crippen LogP contribution in [0, 0.1) is 0 Å². The van der Waals surface area contributed by atoms with E-state index < -0.39 is 0 Å². The number of nitrogens with zero attached hydrogens (tertiary/aromatic N) is 1. The van der Waals surface area contributed by atoms with Crippen molar-refractivity contribution in [2.75, 3.05) is 0 Å². The zero-order valence-electron chi connectivity index (χ0n) is 13.6. The van der Waals surface area contributed by atoms with Crippen LogP contribution in [0.5, 0.6) is 0 Å². The van der Waals surface area contributed by atoms with Gasteiger partial charge < -0.3 is 4.57 Å². The molecule has 0 radical (unpaired) electrons. The maximum atomic E-state index is 2.43. The Kier molecular flexibility index (Phi) is 3.07. The summed E-state index contributed by atoms with van der Waals surface area (Å²) in [7, 11) is 0. The fourth-order valence-corrected chi connectivity index (χ4v) is 6.31. The summed E-state index contributed by atoms with van der Waals surface area (Å²) in [5.41, 5.74) is 3.86. The highest BCUT2D eigenvalue weighted by molar-refractivity contribution is 8.20. The van der Waals surface area contributed by atoms with E-state index in [9.17, 15) is 0 Å². The van der Waals surface area contributed by atoms with Gasteiger partial charge in [0.1, 0.15) is 0 Å². The van der Waals surface area contributed by atoms with Crippen molar-refractivity contribution in [3.63, 3.8) is 0 Å². The average Bonchev–Trinajstić information content (AvgIpc) is 3.08. The molecule has 1 aliphatic heterocycles. The van der Waals surface area contributed by atoms with Crippen LogP contribution >= 0.6 is 23.5 Å². The van der Waals surface area contributed by atoms with Gasteiger partial charge in [0.25, 0.3) is 0 Å². The van der Waals surface area contributed by atoms with Gasteiger partial charge in [-0.1, -0.05) is 42.5 Å². The van der Waals surface area contributed by atoms with Crippen molar-refractivity contribution in [1.82, 2.24) is 4.57 Å². The third-order valence-corrected chi connectivity index (χ3v) is 7.29. The largest absolute Gasteiger partial charge is 0.308 e. The quantitative estimate of drug-likeness (QED) is 0.377. The smallest absolute Gasteiger partial charge is 0.0650 e. The number of hydrogen-bond acceptors (Lipinski definition) is 2. The van der Waals surface area contributed by atoms with Crippen molar-refractivity contribution in [3.8, 4) is 5.69 Å². The van der Waals surface area contributed by atoms with Crippen molar-refractivity contribution >= 4 is 45.3 Å². The van der Waals surface area contributed by atoms with Crippen molar-refractivity contribution in [2.45, 2.75) is 27.7 Å². The minimum Gasteiger partial charge on any atom is -0.308 e. The van der Waals surface area contributed by atoms with Gasteiger partial charge in [0.15, 0.2) is 0 Å². The first-order valence-electron chi connectivity index (χ1n) is 8.14. The number of aromatic nitrogens is 1. The molecule has 0 spiro atoms. The van der Waals surface area contributed by atoms with Gasteiger partial charge >= 0.3 is 0 Å². The number of hydrogen-bond donors (Lipinski definition) is 0. The van der Waals surface area contributed by atoms with Crippen LogP contribution in [0.2, 0.25) is 0 Å². The summed E-state index contributed by atoms with van der Waals surface area (Å²) in [5, 5.41) is 2.64. The first kappa shape index (κ1) is 14.5. The summed E-state index contributed by atoms with van der Waals surface area (Å²) in [6.07, 6.45) is 0. The predicted octanol–water partition coefficient (Wildman–Crippen LogP) is 6.72. The topological polar surface area (TPSA) is 4.93 Å². The lowest BCUT2D eigenvalue weighted by Crippen LogP contribution is -2.02. The van der Waals surface area contributed by atoms with E-state index in [1.54, 1.807) is 0 Å². The third-order valence-electron chi connectivity index (χ3n) is 4.48. The van der Waals surface area contributed by atoms with Crippen molar-refractivity contribution in [3.05, 3.63) is 66.7 Å². The molecule has 0 aliphatic carbocycles. The number of benzene rings is 3. The minimum atomic E-state index is 0.192. The molecule has 5 rings (SSSR count). The van der Waals surface area contributed by atoms with E-state index in [1.807, 2.05) is 23.5 Å². The lowest BCUT2D eigenvalue weighted by molar-refractivity contribution is 1.04. The molecule has 0 amide bonds. The van der Waals surface area contributed by atoms with Crippen LogP contribution in [0.3, 0.4) is 0 Å². The summed E-state index contributed by atoms with van der Waals surface area (Å²) in [6, 6.07) is 24.1. The highest BCUT2D eigenvalue weighted by atomic mass is 32.2. The summed E-state index contributed by atoms with van der Waals surface area (Å²) >= 11 is 3.94. The van der Waals surface area contributed by atoms with Crippen LogP contribution in [0.4, 0.5) is 0 Å². The first-order chi connectivity index (χ1) is 11.6. The monoisotopic (exact) mass is 347 g/mol. The number of rotatable bonds is 1. The highest BCUT2D eigenvalue weighted by Gasteiger charge is 2.32. The summed E-state index contributed by atoms with van der Waals surface area (Å²) in [5.74, 6) is 0. The molecule has 0 saturated heterocycles. The highest BCUT2D eigenvalue weighted by Crippen LogP contribution is 2.57. The van der Waals surface area contributed by atoms with Crippen LogP contribution in [0.25, 0.3) is 27.5 Å². The van der Waals surface area contributed by atoms with Crippen molar-refractivity contribution in [1.29, 1.82) is 0 Å². The van der Waals surface area contributed by atoms with E-state index in [0.717, 1.165) is 0 Å². The molecule has 2 heterocycles. The van der Waals surface area contributed by atoms with E-state index in [-0.39, 0.29) is 4.08 Å². The van der Waals surface area contributed by atoms with Crippen LogP contribution in [0.1, 0.15) is 13.8 Å². The molecule has 0 atom stereocenters. The first-order valence-corrected chi connectivity index (χ1v) is 9.77.